The Morgan fingerprint density at radius 1 is 1.03 bits per heavy atom. The lowest BCUT2D eigenvalue weighted by molar-refractivity contribution is 0.0337. The average molecular weight is 386 g/mol. The second-order valence-corrected chi connectivity index (χ2v) is 7.05. The molecule has 0 saturated carbocycles. The van der Waals surface area contributed by atoms with Gasteiger partial charge >= 0.3 is 0 Å². The fraction of sp³-hybridized carbons (Fsp3) is 0.273. The zero-order valence-corrected chi connectivity index (χ0v) is 16.2. The van der Waals surface area contributed by atoms with Crippen LogP contribution < -0.4 is 4.90 Å². The molecule has 4 aromatic rings. The zero-order valence-electron chi connectivity index (χ0n) is 16.2. The molecular formula is C22H22N6O. The first-order valence-corrected chi connectivity index (χ1v) is 9.91. The summed E-state index contributed by atoms with van der Waals surface area (Å²) in [6.07, 6.45) is 0.619. The molecule has 2 aromatic heterocycles. The third kappa shape index (κ3) is 3.45. The van der Waals surface area contributed by atoms with E-state index in [1.807, 2.05) is 43.3 Å². The fourth-order valence-corrected chi connectivity index (χ4v) is 3.62. The van der Waals surface area contributed by atoms with E-state index in [9.17, 15) is 0 Å². The van der Waals surface area contributed by atoms with Gasteiger partial charge in [-0.1, -0.05) is 55.5 Å². The van der Waals surface area contributed by atoms with Crippen molar-refractivity contribution in [3.05, 3.63) is 66.2 Å². The summed E-state index contributed by atoms with van der Waals surface area (Å²) in [6, 6.07) is 18.4. The Labute approximate surface area is 168 Å². The molecule has 0 amide bonds. The second-order valence-electron chi connectivity index (χ2n) is 7.05. The number of rotatable bonds is 4. The van der Waals surface area contributed by atoms with Gasteiger partial charge in [0.2, 0.25) is 5.95 Å². The minimum atomic E-state index is -0.199. The zero-order chi connectivity index (χ0) is 19.6. The van der Waals surface area contributed by atoms with Gasteiger partial charge in [0.05, 0.1) is 24.4 Å². The van der Waals surface area contributed by atoms with Crippen LogP contribution in [0.5, 0.6) is 0 Å². The van der Waals surface area contributed by atoms with Crippen molar-refractivity contribution in [3.63, 3.8) is 0 Å². The molecule has 7 nitrogen and oxygen atoms in total. The quantitative estimate of drug-likeness (QED) is 0.578. The van der Waals surface area contributed by atoms with Gasteiger partial charge < -0.3 is 9.64 Å². The minimum absolute atomic E-state index is 0.199. The van der Waals surface area contributed by atoms with Gasteiger partial charge in [0.25, 0.3) is 0 Å². The number of nitrogens with zero attached hydrogens (tertiary/aromatic N) is 5. The molecule has 29 heavy (non-hydrogen) atoms. The van der Waals surface area contributed by atoms with Crippen molar-refractivity contribution in [2.45, 2.75) is 19.4 Å². The van der Waals surface area contributed by atoms with Crippen LogP contribution in [0, 0.1) is 0 Å². The number of aromatic amines is 1. The lowest BCUT2D eigenvalue weighted by Crippen LogP contribution is -2.39. The molecule has 1 saturated heterocycles. The summed E-state index contributed by atoms with van der Waals surface area (Å²) in [4.78, 5) is 16.5. The number of ether oxygens (including phenoxy) is 1. The fourth-order valence-electron chi connectivity index (χ4n) is 3.62. The first-order chi connectivity index (χ1) is 14.3. The Bertz CT molecular complexity index is 1130. The predicted molar refractivity (Wildman–Crippen MR) is 112 cm³/mol. The highest BCUT2D eigenvalue weighted by atomic mass is 16.5. The molecule has 1 fully saturated rings. The highest BCUT2D eigenvalue weighted by molar-refractivity contribution is 5.93. The molecule has 1 N–H and O–H groups in total. The highest BCUT2D eigenvalue weighted by Gasteiger charge is 2.27. The molecular weight excluding hydrogens is 364 g/mol. The van der Waals surface area contributed by atoms with Crippen molar-refractivity contribution in [2.24, 2.45) is 0 Å². The van der Waals surface area contributed by atoms with E-state index in [1.165, 1.54) is 0 Å². The molecule has 0 spiro atoms. The van der Waals surface area contributed by atoms with Gasteiger partial charge in [-0.2, -0.15) is 5.10 Å². The number of H-pyrrole nitrogens is 1. The van der Waals surface area contributed by atoms with E-state index in [-0.39, 0.29) is 6.10 Å². The Kier molecular flexibility index (Phi) is 4.65. The maximum absolute atomic E-state index is 5.93. The largest absolute Gasteiger partial charge is 0.366 e. The van der Waals surface area contributed by atoms with Crippen LogP contribution in [0.25, 0.3) is 22.2 Å². The van der Waals surface area contributed by atoms with E-state index in [2.05, 4.69) is 38.3 Å². The topological polar surface area (TPSA) is 79.8 Å². The van der Waals surface area contributed by atoms with Crippen LogP contribution in [0.1, 0.15) is 24.7 Å². The van der Waals surface area contributed by atoms with Gasteiger partial charge in [0, 0.05) is 23.9 Å². The molecule has 1 unspecified atom stereocenters. The number of hydrogen-bond donors (Lipinski definition) is 1. The standard InChI is InChI=1S/C22H22N6O/c1-2-19-24-21(27-26-19)18-14-28(12-13-29-18)22-23-17-11-7-6-10-16(17)20(25-22)15-8-4-3-5-9-15/h3-11,18H,2,12-14H2,1H3,(H,24,26,27). The molecule has 0 radical (unpaired) electrons. The highest BCUT2D eigenvalue weighted by Crippen LogP contribution is 2.30. The number of aromatic nitrogens is 5. The number of anilines is 1. The van der Waals surface area contributed by atoms with Crippen LogP contribution in [0.2, 0.25) is 0 Å². The van der Waals surface area contributed by atoms with Crippen molar-refractivity contribution in [1.29, 1.82) is 0 Å². The second kappa shape index (κ2) is 7.60. The lowest BCUT2D eigenvalue weighted by Gasteiger charge is -2.32. The SMILES string of the molecule is CCc1nc(C2CN(c3nc(-c4ccccc4)c4ccccc4n3)CCO2)n[nH]1. The van der Waals surface area contributed by atoms with Crippen molar-refractivity contribution >= 4 is 16.9 Å². The van der Waals surface area contributed by atoms with Gasteiger partial charge in [-0.15, -0.1) is 0 Å². The predicted octanol–water partition coefficient (Wildman–Crippen LogP) is 3.56. The molecule has 1 atom stereocenters. The smallest absolute Gasteiger partial charge is 0.226 e. The van der Waals surface area contributed by atoms with Crippen LogP contribution >= 0.6 is 0 Å². The number of benzene rings is 2. The van der Waals surface area contributed by atoms with Gasteiger partial charge in [-0.05, 0) is 6.07 Å². The van der Waals surface area contributed by atoms with Gasteiger partial charge in [0.1, 0.15) is 11.9 Å². The van der Waals surface area contributed by atoms with Crippen molar-refractivity contribution in [2.75, 3.05) is 24.6 Å². The maximum Gasteiger partial charge on any atom is 0.226 e. The Morgan fingerprint density at radius 3 is 2.69 bits per heavy atom. The van der Waals surface area contributed by atoms with Crippen LogP contribution in [-0.2, 0) is 11.2 Å². The van der Waals surface area contributed by atoms with Crippen molar-refractivity contribution < 1.29 is 4.74 Å². The Balaban J connectivity index is 1.52. The summed E-state index contributed by atoms with van der Waals surface area (Å²) in [5.41, 5.74) is 2.96. The van der Waals surface area contributed by atoms with E-state index in [1.54, 1.807) is 0 Å². The number of fused-ring (bicyclic) bond motifs is 1. The van der Waals surface area contributed by atoms with Gasteiger partial charge in [0.15, 0.2) is 5.82 Å². The molecule has 5 rings (SSSR count). The first-order valence-electron chi connectivity index (χ1n) is 9.91. The number of para-hydroxylation sites is 1. The van der Waals surface area contributed by atoms with Crippen LogP contribution in [-0.4, -0.2) is 44.8 Å². The van der Waals surface area contributed by atoms with E-state index >= 15 is 0 Å². The van der Waals surface area contributed by atoms with E-state index < -0.39 is 0 Å². The molecule has 2 aromatic carbocycles. The third-order valence-corrected chi connectivity index (χ3v) is 5.16. The number of morpholine rings is 1. The average Bonchev–Trinajstić information content (AvgIpc) is 3.28. The molecule has 1 aliphatic heterocycles. The summed E-state index contributed by atoms with van der Waals surface area (Å²) in [5, 5.41) is 8.35. The monoisotopic (exact) mass is 386 g/mol. The van der Waals surface area contributed by atoms with Gasteiger partial charge in [-0.3, -0.25) is 5.10 Å². The summed E-state index contributed by atoms with van der Waals surface area (Å²) in [5.74, 6) is 2.27. The van der Waals surface area contributed by atoms with E-state index in [0.717, 1.165) is 41.0 Å². The number of hydrogen-bond acceptors (Lipinski definition) is 6. The molecule has 1 aliphatic rings. The molecule has 0 aliphatic carbocycles. The van der Waals surface area contributed by atoms with Crippen LogP contribution in [0.4, 0.5) is 5.95 Å². The minimum Gasteiger partial charge on any atom is -0.366 e. The molecule has 7 heteroatoms. The summed E-state index contributed by atoms with van der Waals surface area (Å²) in [6.45, 7) is 3.98. The molecule has 146 valence electrons. The third-order valence-electron chi connectivity index (χ3n) is 5.16. The van der Waals surface area contributed by atoms with Crippen LogP contribution in [0.3, 0.4) is 0 Å². The summed E-state index contributed by atoms with van der Waals surface area (Å²) in [7, 11) is 0. The summed E-state index contributed by atoms with van der Waals surface area (Å²) >= 11 is 0. The van der Waals surface area contributed by atoms with Crippen molar-refractivity contribution in [3.8, 4) is 11.3 Å². The van der Waals surface area contributed by atoms with Crippen LogP contribution in [0.15, 0.2) is 54.6 Å². The number of nitrogens with one attached hydrogen (secondary N) is 1. The molecule has 0 bridgehead atoms. The number of aryl methyl sites for hydroxylation is 1. The normalized spacial score (nSPS) is 17.0. The lowest BCUT2D eigenvalue weighted by atomic mass is 10.1. The Morgan fingerprint density at radius 2 is 1.86 bits per heavy atom. The Hall–Kier alpha value is -3.32. The first kappa shape index (κ1) is 17.8. The summed E-state index contributed by atoms with van der Waals surface area (Å²) < 4.78 is 5.93. The maximum atomic E-state index is 5.93. The van der Waals surface area contributed by atoms with E-state index in [4.69, 9.17) is 14.7 Å². The molecule has 3 heterocycles. The van der Waals surface area contributed by atoms with E-state index in [0.29, 0.717) is 24.9 Å². The van der Waals surface area contributed by atoms with Gasteiger partial charge in [-0.25, -0.2) is 15.0 Å². The van der Waals surface area contributed by atoms with Crippen molar-refractivity contribution in [1.82, 2.24) is 25.1 Å².